The molecular formula is C16H16ClF2N. The molecule has 2 rings (SSSR count). The van der Waals surface area contributed by atoms with E-state index >= 15 is 0 Å². The van der Waals surface area contributed by atoms with E-state index in [1.54, 1.807) is 18.2 Å². The van der Waals surface area contributed by atoms with E-state index in [0.29, 0.717) is 17.1 Å². The summed E-state index contributed by atoms with van der Waals surface area (Å²) in [6.45, 7) is 4.43. The molecule has 0 bridgehead atoms. The molecular weight excluding hydrogens is 280 g/mol. The first-order chi connectivity index (χ1) is 9.52. The Balaban J connectivity index is 2.50. The van der Waals surface area contributed by atoms with Crippen molar-refractivity contribution in [3.8, 4) is 0 Å². The molecule has 1 nitrogen and oxygen atoms in total. The van der Waals surface area contributed by atoms with Crippen molar-refractivity contribution in [1.29, 1.82) is 0 Å². The zero-order valence-corrected chi connectivity index (χ0v) is 12.1. The minimum Gasteiger partial charge on any atom is -0.306 e. The molecule has 1 unspecified atom stereocenters. The second-order valence-electron chi connectivity index (χ2n) is 4.66. The Morgan fingerprint density at radius 3 is 2.40 bits per heavy atom. The third-order valence-corrected chi connectivity index (χ3v) is 3.46. The highest BCUT2D eigenvalue weighted by Crippen LogP contribution is 2.28. The number of hydrogen-bond donors (Lipinski definition) is 1. The van der Waals surface area contributed by atoms with Crippen LogP contribution in [0.5, 0.6) is 0 Å². The molecule has 0 aliphatic heterocycles. The van der Waals surface area contributed by atoms with Crippen LogP contribution in [0.1, 0.15) is 29.7 Å². The quantitative estimate of drug-likeness (QED) is 0.867. The van der Waals surface area contributed by atoms with Gasteiger partial charge in [0, 0.05) is 10.6 Å². The Kier molecular flexibility index (Phi) is 4.73. The van der Waals surface area contributed by atoms with Crippen LogP contribution < -0.4 is 5.32 Å². The standard InChI is InChI=1S/C16H16ClF2N/c1-3-20-16(13-7-5-12(18)8-10(13)2)14-6-4-11(17)9-15(14)19/h4-9,16,20H,3H2,1-2H3. The van der Waals surface area contributed by atoms with E-state index in [1.165, 1.54) is 18.2 Å². The van der Waals surface area contributed by atoms with E-state index in [9.17, 15) is 8.78 Å². The van der Waals surface area contributed by atoms with Crippen LogP contribution in [0.25, 0.3) is 0 Å². The normalized spacial score (nSPS) is 12.4. The van der Waals surface area contributed by atoms with E-state index in [0.717, 1.165) is 11.1 Å². The Labute approximate surface area is 122 Å². The fourth-order valence-electron chi connectivity index (χ4n) is 2.29. The van der Waals surface area contributed by atoms with Crippen LogP contribution in [0.3, 0.4) is 0 Å². The molecule has 0 spiro atoms. The third-order valence-electron chi connectivity index (χ3n) is 3.22. The Hall–Kier alpha value is -1.45. The summed E-state index contributed by atoms with van der Waals surface area (Å²) in [4.78, 5) is 0. The Morgan fingerprint density at radius 2 is 1.80 bits per heavy atom. The number of rotatable bonds is 4. The topological polar surface area (TPSA) is 12.0 Å². The second kappa shape index (κ2) is 6.33. The molecule has 2 aromatic rings. The van der Waals surface area contributed by atoms with Crippen LogP contribution in [0.15, 0.2) is 36.4 Å². The number of benzene rings is 2. The van der Waals surface area contributed by atoms with Crippen molar-refractivity contribution in [2.45, 2.75) is 19.9 Å². The summed E-state index contributed by atoms with van der Waals surface area (Å²) in [7, 11) is 0. The molecule has 0 saturated heterocycles. The molecule has 2 aromatic carbocycles. The van der Waals surface area contributed by atoms with E-state index in [2.05, 4.69) is 5.32 Å². The highest BCUT2D eigenvalue weighted by Gasteiger charge is 2.19. The number of aryl methyl sites for hydroxylation is 1. The second-order valence-corrected chi connectivity index (χ2v) is 5.09. The van der Waals surface area contributed by atoms with Crippen LogP contribution in [0.4, 0.5) is 8.78 Å². The van der Waals surface area contributed by atoms with Crippen LogP contribution in [0.2, 0.25) is 5.02 Å². The van der Waals surface area contributed by atoms with Gasteiger partial charge in [-0.2, -0.15) is 0 Å². The van der Waals surface area contributed by atoms with Crippen molar-refractivity contribution in [2.24, 2.45) is 0 Å². The fourth-order valence-corrected chi connectivity index (χ4v) is 2.45. The van der Waals surface area contributed by atoms with Crippen LogP contribution in [-0.4, -0.2) is 6.54 Å². The molecule has 0 aliphatic carbocycles. The maximum atomic E-state index is 14.1. The molecule has 0 aromatic heterocycles. The predicted octanol–water partition coefficient (Wildman–Crippen LogP) is 4.63. The zero-order valence-electron chi connectivity index (χ0n) is 11.4. The highest BCUT2D eigenvalue weighted by atomic mass is 35.5. The van der Waals surface area contributed by atoms with Crippen molar-refractivity contribution in [3.05, 3.63) is 69.7 Å². The van der Waals surface area contributed by atoms with Gasteiger partial charge in [-0.15, -0.1) is 0 Å². The summed E-state index contributed by atoms with van der Waals surface area (Å²) >= 11 is 5.79. The van der Waals surface area contributed by atoms with Gasteiger partial charge in [-0.1, -0.05) is 30.7 Å². The third kappa shape index (κ3) is 3.17. The molecule has 1 N–H and O–H groups in total. The molecule has 106 valence electrons. The minimum atomic E-state index is -0.368. The van der Waals surface area contributed by atoms with Gasteiger partial charge in [0.2, 0.25) is 0 Å². The molecule has 0 heterocycles. The van der Waals surface area contributed by atoms with Crippen molar-refractivity contribution in [2.75, 3.05) is 6.54 Å². The Bertz CT molecular complexity index is 562. The zero-order chi connectivity index (χ0) is 14.7. The van der Waals surface area contributed by atoms with Gasteiger partial charge >= 0.3 is 0 Å². The first kappa shape index (κ1) is 14.9. The lowest BCUT2D eigenvalue weighted by Gasteiger charge is -2.21. The van der Waals surface area contributed by atoms with E-state index < -0.39 is 0 Å². The maximum Gasteiger partial charge on any atom is 0.129 e. The predicted molar refractivity (Wildman–Crippen MR) is 78.1 cm³/mol. The van der Waals surface area contributed by atoms with Crippen LogP contribution in [-0.2, 0) is 0 Å². The van der Waals surface area contributed by atoms with Gasteiger partial charge in [0.05, 0.1) is 6.04 Å². The summed E-state index contributed by atoms with van der Waals surface area (Å²) in [5.41, 5.74) is 2.14. The monoisotopic (exact) mass is 295 g/mol. The maximum absolute atomic E-state index is 14.1. The summed E-state index contributed by atoms with van der Waals surface area (Å²) in [5, 5.41) is 3.59. The fraction of sp³-hybridized carbons (Fsp3) is 0.250. The number of halogens is 3. The lowest BCUT2D eigenvalue weighted by atomic mass is 9.94. The molecule has 0 radical (unpaired) electrons. The van der Waals surface area contributed by atoms with Crippen molar-refractivity contribution in [1.82, 2.24) is 5.32 Å². The molecule has 0 fully saturated rings. The lowest BCUT2D eigenvalue weighted by molar-refractivity contribution is 0.556. The van der Waals surface area contributed by atoms with Crippen molar-refractivity contribution in [3.63, 3.8) is 0 Å². The largest absolute Gasteiger partial charge is 0.306 e. The van der Waals surface area contributed by atoms with Gasteiger partial charge in [-0.3, -0.25) is 0 Å². The average molecular weight is 296 g/mol. The highest BCUT2D eigenvalue weighted by molar-refractivity contribution is 6.30. The van der Waals surface area contributed by atoms with Gasteiger partial charge in [-0.05, 0) is 48.9 Å². The number of hydrogen-bond acceptors (Lipinski definition) is 1. The Morgan fingerprint density at radius 1 is 1.10 bits per heavy atom. The van der Waals surface area contributed by atoms with E-state index in [4.69, 9.17) is 11.6 Å². The molecule has 0 amide bonds. The van der Waals surface area contributed by atoms with Crippen LogP contribution in [0, 0.1) is 18.6 Å². The molecule has 4 heteroatoms. The van der Waals surface area contributed by atoms with E-state index in [-0.39, 0.29) is 17.7 Å². The number of nitrogens with one attached hydrogen (secondary N) is 1. The van der Waals surface area contributed by atoms with E-state index in [1.807, 2.05) is 13.8 Å². The van der Waals surface area contributed by atoms with Crippen LogP contribution >= 0.6 is 11.6 Å². The molecule has 20 heavy (non-hydrogen) atoms. The van der Waals surface area contributed by atoms with Gasteiger partial charge in [0.25, 0.3) is 0 Å². The summed E-state index contributed by atoms with van der Waals surface area (Å²) in [5.74, 6) is -0.662. The first-order valence-corrected chi connectivity index (χ1v) is 6.85. The smallest absolute Gasteiger partial charge is 0.129 e. The summed E-state index contributed by atoms with van der Waals surface area (Å²) < 4.78 is 27.3. The van der Waals surface area contributed by atoms with Crippen molar-refractivity contribution < 1.29 is 8.78 Å². The molecule has 1 atom stereocenters. The average Bonchev–Trinajstić information content (AvgIpc) is 2.37. The SMILES string of the molecule is CCNC(c1ccc(F)cc1C)c1ccc(Cl)cc1F. The van der Waals surface area contributed by atoms with Gasteiger partial charge in [-0.25, -0.2) is 8.78 Å². The summed E-state index contributed by atoms with van der Waals surface area (Å²) in [6, 6.07) is 8.81. The molecule has 0 saturated carbocycles. The van der Waals surface area contributed by atoms with Gasteiger partial charge < -0.3 is 5.32 Å². The van der Waals surface area contributed by atoms with Gasteiger partial charge in [0.1, 0.15) is 11.6 Å². The van der Waals surface area contributed by atoms with Crippen molar-refractivity contribution >= 4 is 11.6 Å². The summed E-state index contributed by atoms with van der Waals surface area (Å²) in [6.07, 6.45) is 0. The van der Waals surface area contributed by atoms with Gasteiger partial charge in [0.15, 0.2) is 0 Å². The minimum absolute atomic E-state index is 0.293. The first-order valence-electron chi connectivity index (χ1n) is 6.47. The lowest BCUT2D eigenvalue weighted by Crippen LogP contribution is -2.23. The molecule has 0 aliphatic rings.